The summed E-state index contributed by atoms with van der Waals surface area (Å²) in [6.07, 6.45) is 0.566. The lowest BCUT2D eigenvalue weighted by Crippen LogP contribution is -2.78. The molecule has 3 amide bonds. The molecular formula is C30H28N2O2Si. The molecule has 1 aliphatic heterocycles. The van der Waals surface area contributed by atoms with E-state index in [2.05, 4.69) is 36.4 Å². The standard InChI is InChI=1S/C30H28N2O2Si/c1-2-28-29(33)32(30(34)31(28)23-24-15-7-3-8-16-24)35(25-17-9-4-10-18-25,26-19-11-5-12-20-26)27-21-13-6-14-22-27/h3-22,28H,2,23H2,1H3. The van der Waals surface area contributed by atoms with Crippen molar-refractivity contribution in [2.24, 2.45) is 0 Å². The van der Waals surface area contributed by atoms with Gasteiger partial charge in [-0.25, -0.2) is 4.79 Å². The molecule has 0 saturated carbocycles. The van der Waals surface area contributed by atoms with Gasteiger partial charge in [-0.1, -0.05) is 128 Å². The number of hydrogen-bond donors (Lipinski definition) is 0. The Bertz CT molecular complexity index is 1200. The molecule has 0 bridgehead atoms. The third-order valence-electron chi connectivity index (χ3n) is 6.81. The highest BCUT2D eigenvalue weighted by Crippen LogP contribution is 2.28. The highest BCUT2D eigenvalue weighted by molar-refractivity contribution is 7.11. The van der Waals surface area contributed by atoms with E-state index in [1.165, 1.54) is 0 Å². The molecule has 0 N–H and O–H groups in total. The first-order valence-corrected chi connectivity index (χ1v) is 14.0. The molecular weight excluding hydrogens is 448 g/mol. The maximum Gasteiger partial charge on any atom is 0.320 e. The summed E-state index contributed by atoms with van der Waals surface area (Å²) in [5, 5.41) is 3.03. The Morgan fingerprint density at radius 3 is 1.43 bits per heavy atom. The van der Waals surface area contributed by atoms with E-state index in [9.17, 15) is 9.59 Å². The molecule has 4 aromatic rings. The first kappa shape index (κ1) is 22.8. The van der Waals surface area contributed by atoms with Crippen LogP contribution in [-0.2, 0) is 11.3 Å². The molecule has 1 atom stereocenters. The number of rotatable bonds is 7. The SMILES string of the molecule is CCC1C(=O)N([Si](c2ccccc2)(c2ccccc2)c2ccccc2)C(=O)N1Cc1ccccc1. The zero-order valence-corrected chi connectivity index (χ0v) is 20.7. The van der Waals surface area contributed by atoms with Gasteiger partial charge in [-0.2, -0.15) is 0 Å². The predicted molar refractivity (Wildman–Crippen MR) is 142 cm³/mol. The molecule has 0 aromatic heterocycles. The molecule has 1 saturated heterocycles. The van der Waals surface area contributed by atoms with Crippen LogP contribution < -0.4 is 15.6 Å². The topological polar surface area (TPSA) is 40.6 Å². The number of imide groups is 1. The van der Waals surface area contributed by atoms with Crippen molar-refractivity contribution in [2.75, 3.05) is 0 Å². The van der Waals surface area contributed by atoms with Crippen molar-refractivity contribution in [1.29, 1.82) is 0 Å². The number of amides is 3. The summed E-state index contributed by atoms with van der Waals surface area (Å²) in [5.74, 6) is -0.114. The number of carbonyl (C=O) groups is 2. The lowest BCUT2D eigenvalue weighted by atomic mass is 10.1. The van der Waals surface area contributed by atoms with E-state index in [1.54, 1.807) is 9.47 Å². The maximum atomic E-state index is 14.3. The van der Waals surface area contributed by atoms with Crippen LogP contribution in [0.3, 0.4) is 0 Å². The molecule has 0 radical (unpaired) electrons. The number of carbonyl (C=O) groups excluding carboxylic acids is 2. The van der Waals surface area contributed by atoms with Crippen molar-refractivity contribution in [3.63, 3.8) is 0 Å². The molecule has 5 rings (SSSR count). The monoisotopic (exact) mass is 476 g/mol. The summed E-state index contributed by atoms with van der Waals surface area (Å²) in [6, 6.07) is 39.5. The fourth-order valence-corrected chi connectivity index (χ4v) is 9.92. The highest BCUT2D eigenvalue weighted by atomic mass is 28.3. The van der Waals surface area contributed by atoms with Gasteiger partial charge in [0, 0.05) is 6.54 Å². The largest absolute Gasteiger partial charge is 0.320 e. The lowest BCUT2D eigenvalue weighted by molar-refractivity contribution is -0.125. The minimum Gasteiger partial charge on any atom is -0.309 e. The molecule has 174 valence electrons. The molecule has 1 heterocycles. The molecule has 4 aromatic carbocycles. The van der Waals surface area contributed by atoms with Gasteiger partial charge in [0.1, 0.15) is 6.04 Å². The first-order valence-electron chi connectivity index (χ1n) is 12.0. The molecule has 1 aliphatic rings. The van der Waals surface area contributed by atoms with E-state index in [4.69, 9.17) is 0 Å². The van der Waals surface area contributed by atoms with Crippen LogP contribution in [0.15, 0.2) is 121 Å². The molecule has 0 spiro atoms. The van der Waals surface area contributed by atoms with Crippen molar-refractivity contribution >= 4 is 35.7 Å². The van der Waals surface area contributed by atoms with E-state index in [-0.39, 0.29) is 11.9 Å². The zero-order chi connectivity index (χ0) is 24.3. The molecule has 1 unspecified atom stereocenters. The summed E-state index contributed by atoms with van der Waals surface area (Å²) in [5.41, 5.74) is 1.01. The minimum atomic E-state index is -3.24. The second-order valence-electron chi connectivity index (χ2n) is 8.80. The van der Waals surface area contributed by atoms with E-state index in [0.29, 0.717) is 13.0 Å². The average Bonchev–Trinajstić information content (AvgIpc) is 3.16. The molecule has 4 nitrogen and oxygen atoms in total. The third kappa shape index (κ3) is 3.88. The van der Waals surface area contributed by atoms with Crippen LogP contribution in [0.25, 0.3) is 0 Å². The Labute approximate surface area is 207 Å². The molecule has 0 aliphatic carbocycles. The van der Waals surface area contributed by atoms with Gasteiger partial charge in [0.2, 0.25) is 5.91 Å². The first-order chi connectivity index (χ1) is 17.2. The second kappa shape index (κ2) is 9.72. The van der Waals surface area contributed by atoms with Crippen molar-refractivity contribution in [3.05, 3.63) is 127 Å². The number of urea groups is 1. The van der Waals surface area contributed by atoms with Crippen LogP contribution in [0.2, 0.25) is 0 Å². The van der Waals surface area contributed by atoms with Crippen molar-refractivity contribution in [3.8, 4) is 0 Å². The summed E-state index contributed by atoms with van der Waals surface area (Å²) in [6.45, 7) is 2.39. The Balaban J connectivity index is 1.75. The van der Waals surface area contributed by atoms with Crippen LogP contribution in [0.5, 0.6) is 0 Å². The van der Waals surface area contributed by atoms with Gasteiger partial charge in [0.25, 0.3) is 8.24 Å². The van der Waals surface area contributed by atoms with Gasteiger partial charge >= 0.3 is 6.03 Å². The summed E-state index contributed by atoms with van der Waals surface area (Å²) in [4.78, 5) is 30.3. The van der Waals surface area contributed by atoms with Crippen LogP contribution >= 0.6 is 0 Å². The van der Waals surface area contributed by atoms with Crippen molar-refractivity contribution < 1.29 is 9.59 Å². The third-order valence-corrected chi connectivity index (χ3v) is 11.4. The van der Waals surface area contributed by atoms with Crippen molar-refractivity contribution in [1.82, 2.24) is 9.47 Å². The molecule has 1 fully saturated rings. The van der Waals surface area contributed by atoms with Crippen LogP contribution in [0, 0.1) is 0 Å². The summed E-state index contributed by atoms with van der Waals surface area (Å²) < 4.78 is 1.64. The van der Waals surface area contributed by atoms with Crippen molar-refractivity contribution in [2.45, 2.75) is 25.9 Å². The normalized spacial score (nSPS) is 16.1. The average molecular weight is 477 g/mol. The Hall–Kier alpha value is -3.96. The Morgan fingerprint density at radius 2 is 1.03 bits per heavy atom. The van der Waals surface area contributed by atoms with E-state index >= 15 is 0 Å². The van der Waals surface area contributed by atoms with E-state index < -0.39 is 14.3 Å². The quantitative estimate of drug-likeness (QED) is 0.231. The number of benzene rings is 4. The van der Waals surface area contributed by atoms with Crippen LogP contribution in [0.1, 0.15) is 18.9 Å². The van der Waals surface area contributed by atoms with Gasteiger partial charge in [-0.15, -0.1) is 0 Å². The van der Waals surface area contributed by atoms with Crippen LogP contribution in [0.4, 0.5) is 4.79 Å². The molecule has 35 heavy (non-hydrogen) atoms. The minimum absolute atomic E-state index is 0.114. The predicted octanol–water partition coefficient (Wildman–Crippen LogP) is 3.90. The lowest BCUT2D eigenvalue weighted by Gasteiger charge is -2.39. The van der Waals surface area contributed by atoms with Crippen LogP contribution in [-0.4, -0.2) is 35.7 Å². The Kier molecular flexibility index (Phi) is 6.34. The Morgan fingerprint density at radius 1 is 0.629 bits per heavy atom. The van der Waals surface area contributed by atoms with Gasteiger partial charge < -0.3 is 4.90 Å². The second-order valence-corrected chi connectivity index (χ2v) is 12.4. The fourth-order valence-electron chi connectivity index (χ4n) is 5.23. The summed E-state index contributed by atoms with van der Waals surface area (Å²) >= 11 is 0. The number of nitrogens with zero attached hydrogens (tertiary/aromatic N) is 2. The maximum absolute atomic E-state index is 14.3. The highest BCUT2D eigenvalue weighted by Gasteiger charge is 2.58. The smallest absolute Gasteiger partial charge is 0.309 e. The van der Waals surface area contributed by atoms with E-state index in [1.807, 2.05) is 91.9 Å². The van der Waals surface area contributed by atoms with Gasteiger partial charge in [0.05, 0.1) is 0 Å². The summed E-state index contributed by atoms with van der Waals surface area (Å²) in [7, 11) is -3.24. The van der Waals surface area contributed by atoms with Gasteiger partial charge in [-0.05, 0) is 27.5 Å². The zero-order valence-electron chi connectivity index (χ0n) is 19.7. The fraction of sp³-hybridized carbons (Fsp3) is 0.133. The molecule has 5 heteroatoms. The van der Waals surface area contributed by atoms with Gasteiger partial charge in [0.15, 0.2) is 0 Å². The number of hydrogen-bond acceptors (Lipinski definition) is 2. The van der Waals surface area contributed by atoms with Gasteiger partial charge in [-0.3, -0.25) is 9.36 Å². The van der Waals surface area contributed by atoms with E-state index in [0.717, 1.165) is 21.1 Å².